The second-order valence-electron chi connectivity index (χ2n) is 5.22. The summed E-state index contributed by atoms with van der Waals surface area (Å²) in [6, 6.07) is 12.8. The number of ether oxygens (including phenoxy) is 1. The van der Waals surface area contributed by atoms with Crippen LogP contribution < -0.4 is 10.5 Å². The van der Waals surface area contributed by atoms with Crippen molar-refractivity contribution in [1.29, 1.82) is 0 Å². The Hall–Kier alpha value is -1.36. The summed E-state index contributed by atoms with van der Waals surface area (Å²) in [6.45, 7) is 4.59. The summed E-state index contributed by atoms with van der Waals surface area (Å²) in [5, 5.41) is 2.13. The Labute approximate surface area is 131 Å². The van der Waals surface area contributed by atoms with Gasteiger partial charge in [0.1, 0.15) is 5.75 Å². The number of benzene rings is 1. The van der Waals surface area contributed by atoms with Crippen molar-refractivity contribution in [3.63, 3.8) is 0 Å². The van der Waals surface area contributed by atoms with Crippen LogP contribution in [0.25, 0.3) is 0 Å². The molecule has 1 atom stereocenters. The molecule has 0 spiro atoms. The standard InChI is InChI=1S/C17H24N2OS/c1-14(17-5-3-12-21-17)19(2)10-4-11-20-16-8-6-15(13-18)7-9-16/h3,5-9,12,14H,4,10-11,13,18H2,1-2H3. The molecule has 0 aliphatic heterocycles. The van der Waals surface area contributed by atoms with E-state index in [1.807, 2.05) is 35.6 Å². The van der Waals surface area contributed by atoms with Gasteiger partial charge in [0.2, 0.25) is 0 Å². The number of nitrogens with zero attached hydrogens (tertiary/aromatic N) is 1. The first-order chi connectivity index (χ1) is 10.2. The molecule has 0 aliphatic rings. The van der Waals surface area contributed by atoms with Gasteiger partial charge in [0, 0.05) is 24.0 Å². The average molecular weight is 304 g/mol. The predicted molar refractivity (Wildman–Crippen MR) is 89.8 cm³/mol. The molecule has 2 aromatic rings. The third kappa shape index (κ3) is 4.84. The predicted octanol–water partition coefficient (Wildman–Crippen LogP) is 3.67. The Morgan fingerprint density at radius 1 is 1.24 bits per heavy atom. The van der Waals surface area contributed by atoms with E-state index in [1.165, 1.54) is 4.88 Å². The molecule has 1 aromatic carbocycles. The first kappa shape index (κ1) is 16.0. The number of thiophene rings is 1. The van der Waals surface area contributed by atoms with Gasteiger partial charge in [-0.3, -0.25) is 4.90 Å². The maximum Gasteiger partial charge on any atom is 0.119 e. The summed E-state index contributed by atoms with van der Waals surface area (Å²) in [4.78, 5) is 3.78. The van der Waals surface area contributed by atoms with Crippen LogP contribution in [0.3, 0.4) is 0 Å². The highest BCUT2D eigenvalue weighted by atomic mass is 32.1. The Balaban J connectivity index is 1.69. The third-order valence-electron chi connectivity index (χ3n) is 3.70. The largest absolute Gasteiger partial charge is 0.494 e. The lowest BCUT2D eigenvalue weighted by atomic mass is 10.2. The molecule has 2 N–H and O–H groups in total. The van der Waals surface area contributed by atoms with Crippen molar-refractivity contribution in [2.75, 3.05) is 20.2 Å². The molecule has 114 valence electrons. The Bertz CT molecular complexity index is 510. The molecule has 0 aliphatic carbocycles. The van der Waals surface area contributed by atoms with E-state index in [4.69, 9.17) is 10.5 Å². The molecule has 0 bridgehead atoms. The highest BCUT2D eigenvalue weighted by Crippen LogP contribution is 2.23. The van der Waals surface area contributed by atoms with Crippen LogP contribution in [0.2, 0.25) is 0 Å². The second kappa shape index (κ2) is 8.17. The summed E-state index contributed by atoms with van der Waals surface area (Å²) < 4.78 is 5.76. The highest BCUT2D eigenvalue weighted by Gasteiger charge is 2.11. The monoisotopic (exact) mass is 304 g/mol. The minimum Gasteiger partial charge on any atom is -0.494 e. The molecule has 0 saturated heterocycles. The molecule has 0 radical (unpaired) electrons. The maximum atomic E-state index is 5.76. The van der Waals surface area contributed by atoms with Crippen LogP contribution in [0, 0.1) is 0 Å². The first-order valence-corrected chi connectivity index (χ1v) is 8.24. The van der Waals surface area contributed by atoms with E-state index in [0.717, 1.165) is 30.9 Å². The lowest BCUT2D eigenvalue weighted by molar-refractivity contribution is 0.228. The topological polar surface area (TPSA) is 38.5 Å². The molecule has 1 heterocycles. The summed E-state index contributed by atoms with van der Waals surface area (Å²) in [6.07, 6.45) is 1.02. The van der Waals surface area contributed by atoms with Gasteiger partial charge in [0.15, 0.2) is 0 Å². The number of rotatable bonds is 8. The van der Waals surface area contributed by atoms with Crippen molar-refractivity contribution in [2.45, 2.75) is 25.9 Å². The van der Waals surface area contributed by atoms with Gasteiger partial charge in [-0.25, -0.2) is 0 Å². The van der Waals surface area contributed by atoms with Crippen LogP contribution in [0.15, 0.2) is 41.8 Å². The fourth-order valence-corrected chi connectivity index (χ4v) is 3.01. The zero-order chi connectivity index (χ0) is 15.1. The molecule has 0 saturated carbocycles. The first-order valence-electron chi connectivity index (χ1n) is 7.36. The minimum atomic E-state index is 0.467. The van der Waals surface area contributed by atoms with Crippen molar-refractivity contribution < 1.29 is 4.74 Å². The summed E-state index contributed by atoms with van der Waals surface area (Å²) in [5.74, 6) is 0.918. The van der Waals surface area contributed by atoms with E-state index in [1.54, 1.807) is 0 Å². The zero-order valence-electron chi connectivity index (χ0n) is 12.8. The Kier molecular flexibility index (Phi) is 6.23. The molecular formula is C17H24N2OS. The molecule has 0 amide bonds. The van der Waals surface area contributed by atoms with Crippen molar-refractivity contribution >= 4 is 11.3 Å². The van der Waals surface area contributed by atoms with E-state index in [-0.39, 0.29) is 0 Å². The molecule has 4 heteroatoms. The van der Waals surface area contributed by atoms with E-state index in [2.05, 4.69) is 36.4 Å². The number of hydrogen-bond donors (Lipinski definition) is 1. The van der Waals surface area contributed by atoms with E-state index >= 15 is 0 Å². The summed E-state index contributed by atoms with van der Waals surface area (Å²) in [5.41, 5.74) is 6.71. The highest BCUT2D eigenvalue weighted by molar-refractivity contribution is 7.10. The Morgan fingerprint density at radius 3 is 2.62 bits per heavy atom. The summed E-state index contributed by atoms with van der Waals surface area (Å²) in [7, 11) is 2.17. The molecule has 1 unspecified atom stereocenters. The van der Waals surface area contributed by atoms with Crippen molar-refractivity contribution in [1.82, 2.24) is 4.90 Å². The lowest BCUT2D eigenvalue weighted by Crippen LogP contribution is -2.24. The van der Waals surface area contributed by atoms with Crippen molar-refractivity contribution in [3.8, 4) is 5.75 Å². The van der Waals surface area contributed by atoms with Gasteiger partial charge < -0.3 is 10.5 Å². The van der Waals surface area contributed by atoms with Gasteiger partial charge in [-0.1, -0.05) is 18.2 Å². The van der Waals surface area contributed by atoms with Crippen LogP contribution in [0.4, 0.5) is 0 Å². The maximum absolute atomic E-state index is 5.76. The zero-order valence-corrected chi connectivity index (χ0v) is 13.6. The van der Waals surface area contributed by atoms with Crippen LogP contribution in [0.1, 0.15) is 29.8 Å². The van der Waals surface area contributed by atoms with Crippen molar-refractivity contribution in [2.24, 2.45) is 5.73 Å². The van der Waals surface area contributed by atoms with Crippen LogP contribution >= 0.6 is 11.3 Å². The number of hydrogen-bond acceptors (Lipinski definition) is 4. The van der Waals surface area contributed by atoms with Gasteiger partial charge >= 0.3 is 0 Å². The SMILES string of the molecule is CC(c1cccs1)N(C)CCCOc1ccc(CN)cc1. The molecule has 21 heavy (non-hydrogen) atoms. The molecule has 1 aromatic heterocycles. The van der Waals surface area contributed by atoms with Crippen LogP contribution in [-0.4, -0.2) is 25.1 Å². The molecule has 3 nitrogen and oxygen atoms in total. The van der Waals surface area contributed by atoms with Gasteiger partial charge in [-0.15, -0.1) is 11.3 Å². The minimum absolute atomic E-state index is 0.467. The molecule has 2 rings (SSSR count). The smallest absolute Gasteiger partial charge is 0.119 e. The van der Waals surface area contributed by atoms with E-state index in [0.29, 0.717) is 12.6 Å². The van der Waals surface area contributed by atoms with E-state index < -0.39 is 0 Å². The Morgan fingerprint density at radius 2 is 2.00 bits per heavy atom. The third-order valence-corrected chi connectivity index (χ3v) is 4.74. The fourth-order valence-electron chi connectivity index (χ4n) is 2.17. The number of nitrogens with two attached hydrogens (primary N) is 1. The average Bonchev–Trinajstić information content (AvgIpc) is 3.05. The van der Waals surface area contributed by atoms with Crippen LogP contribution in [0.5, 0.6) is 5.75 Å². The van der Waals surface area contributed by atoms with Gasteiger partial charge in [0.05, 0.1) is 6.61 Å². The fraction of sp³-hybridized carbons (Fsp3) is 0.412. The second-order valence-corrected chi connectivity index (χ2v) is 6.20. The van der Waals surface area contributed by atoms with E-state index in [9.17, 15) is 0 Å². The lowest BCUT2D eigenvalue weighted by Gasteiger charge is -2.23. The summed E-state index contributed by atoms with van der Waals surface area (Å²) >= 11 is 1.82. The van der Waals surface area contributed by atoms with Crippen molar-refractivity contribution in [3.05, 3.63) is 52.2 Å². The van der Waals surface area contributed by atoms with Crippen LogP contribution in [-0.2, 0) is 6.54 Å². The van der Waals surface area contributed by atoms with Gasteiger partial charge in [-0.2, -0.15) is 0 Å². The normalized spacial score (nSPS) is 12.6. The van der Waals surface area contributed by atoms with Gasteiger partial charge in [0.25, 0.3) is 0 Å². The quantitative estimate of drug-likeness (QED) is 0.756. The molecule has 0 fully saturated rings. The molecular weight excluding hydrogens is 280 g/mol. The van der Waals surface area contributed by atoms with Gasteiger partial charge in [-0.05, 0) is 49.5 Å².